The highest BCUT2D eigenvalue weighted by Gasteiger charge is 2.20. The highest BCUT2D eigenvalue weighted by molar-refractivity contribution is 7.92. The van der Waals surface area contributed by atoms with E-state index in [1.807, 2.05) is 18.2 Å². The molecule has 0 saturated heterocycles. The molecule has 0 heterocycles. The monoisotopic (exact) mass is 367 g/mol. The van der Waals surface area contributed by atoms with Crippen molar-refractivity contribution in [3.05, 3.63) is 84.9 Å². The first-order chi connectivity index (χ1) is 12.5. The summed E-state index contributed by atoms with van der Waals surface area (Å²) in [5.41, 5.74) is 0.407. The topological polar surface area (TPSA) is 72.5 Å². The maximum absolute atomic E-state index is 12.3. The van der Waals surface area contributed by atoms with Gasteiger partial charge in [-0.3, -0.25) is 4.79 Å². The Hall–Kier alpha value is -3.12. The van der Waals surface area contributed by atoms with Crippen LogP contribution in [0.15, 0.2) is 89.8 Å². The first kappa shape index (κ1) is 17.7. The van der Waals surface area contributed by atoms with Gasteiger partial charge in [0.15, 0.2) is 15.6 Å². The van der Waals surface area contributed by atoms with Crippen LogP contribution in [0.25, 0.3) is 0 Å². The first-order valence-corrected chi connectivity index (χ1v) is 9.59. The predicted molar refractivity (Wildman–Crippen MR) is 100 cm³/mol. The van der Waals surface area contributed by atoms with E-state index in [1.165, 1.54) is 12.1 Å². The zero-order chi connectivity index (χ0) is 18.4. The second kappa shape index (κ2) is 7.84. The third-order valence-corrected chi connectivity index (χ3v) is 5.19. The van der Waals surface area contributed by atoms with Gasteiger partial charge >= 0.3 is 0 Å². The molecule has 1 amide bonds. The number of anilines is 1. The molecule has 0 aromatic heterocycles. The maximum atomic E-state index is 12.3. The molecule has 0 saturated carbocycles. The number of carbonyl (C=O) groups is 1. The summed E-state index contributed by atoms with van der Waals surface area (Å²) in [4.78, 5) is 12.4. The molecule has 0 radical (unpaired) electrons. The first-order valence-electron chi connectivity index (χ1n) is 7.94. The molecule has 0 bridgehead atoms. The van der Waals surface area contributed by atoms with Crippen molar-refractivity contribution < 1.29 is 17.9 Å². The van der Waals surface area contributed by atoms with E-state index in [-0.39, 0.29) is 4.90 Å². The van der Waals surface area contributed by atoms with Crippen molar-refractivity contribution in [2.45, 2.75) is 4.90 Å². The van der Waals surface area contributed by atoms with Crippen LogP contribution in [-0.2, 0) is 14.6 Å². The minimum absolute atomic E-state index is 0.115. The van der Waals surface area contributed by atoms with Crippen molar-refractivity contribution >= 4 is 21.4 Å². The molecular formula is C20H17NO4S. The fourth-order valence-corrected chi connectivity index (χ4v) is 3.50. The lowest BCUT2D eigenvalue weighted by Crippen LogP contribution is -2.23. The van der Waals surface area contributed by atoms with Crippen molar-refractivity contribution in [1.82, 2.24) is 0 Å². The predicted octanol–water partition coefficient (Wildman–Crippen LogP) is 3.89. The second-order valence-electron chi connectivity index (χ2n) is 5.53. The Kier molecular flexibility index (Phi) is 5.34. The van der Waals surface area contributed by atoms with Gasteiger partial charge in [-0.2, -0.15) is 0 Å². The Morgan fingerprint density at radius 1 is 0.808 bits per heavy atom. The van der Waals surface area contributed by atoms with Crippen LogP contribution < -0.4 is 10.1 Å². The van der Waals surface area contributed by atoms with Crippen LogP contribution >= 0.6 is 0 Å². The number of amides is 1. The lowest BCUT2D eigenvalue weighted by atomic mass is 10.3. The van der Waals surface area contributed by atoms with E-state index < -0.39 is 21.5 Å². The fraction of sp³-hybridized carbons (Fsp3) is 0.0500. The number of benzene rings is 3. The Balaban J connectivity index is 1.74. The van der Waals surface area contributed by atoms with E-state index in [9.17, 15) is 13.2 Å². The number of nitrogens with one attached hydrogen (secondary N) is 1. The maximum Gasteiger partial charge on any atom is 0.240 e. The average Bonchev–Trinajstić information content (AvgIpc) is 2.64. The quantitative estimate of drug-likeness (QED) is 0.717. The van der Waals surface area contributed by atoms with Gasteiger partial charge in [0.05, 0.1) is 10.6 Å². The van der Waals surface area contributed by atoms with Crippen LogP contribution in [0.3, 0.4) is 0 Å². The molecule has 0 atom stereocenters. The lowest BCUT2D eigenvalue weighted by Gasteiger charge is -2.12. The Labute approximate surface area is 152 Å². The number of para-hydroxylation sites is 3. The van der Waals surface area contributed by atoms with E-state index in [4.69, 9.17) is 4.74 Å². The third-order valence-electron chi connectivity index (χ3n) is 3.56. The van der Waals surface area contributed by atoms with Crippen molar-refractivity contribution in [1.29, 1.82) is 0 Å². The summed E-state index contributed by atoms with van der Waals surface area (Å²) < 4.78 is 30.4. The van der Waals surface area contributed by atoms with E-state index in [1.54, 1.807) is 54.6 Å². The molecule has 3 rings (SSSR count). The smallest absolute Gasteiger partial charge is 0.240 e. The summed E-state index contributed by atoms with van der Waals surface area (Å²) in [5.74, 6) is -0.218. The molecule has 6 heteroatoms. The highest BCUT2D eigenvalue weighted by atomic mass is 32.2. The number of carbonyl (C=O) groups excluding carboxylic acids is 1. The molecule has 0 unspecified atom stereocenters. The van der Waals surface area contributed by atoms with Gasteiger partial charge in [0.2, 0.25) is 5.91 Å². The van der Waals surface area contributed by atoms with Gasteiger partial charge in [0.1, 0.15) is 11.5 Å². The minimum atomic E-state index is -3.70. The summed E-state index contributed by atoms with van der Waals surface area (Å²) in [7, 11) is -3.70. The van der Waals surface area contributed by atoms with Crippen molar-refractivity contribution in [2.75, 3.05) is 11.1 Å². The van der Waals surface area contributed by atoms with Crippen LogP contribution in [0, 0.1) is 0 Å². The minimum Gasteiger partial charge on any atom is -0.455 e. The molecule has 132 valence electrons. The third kappa shape index (κ3) is 4.49. The Bertz CT molecular complexity index is 987. The normalized spacial score (nSPS) is 10.9. The van der Waals surface area contributed by atoms with E-state index in [0.29, 0.717) is 17.2 Å². The number of ether oxygens (including phenoxy) is 1. The molecule has 0 aliphatic rings. The SMILES string of the molecule is O=C(CS(=O)(=O)c1ccccc1)Nc1ccccc1Oc1ccccc1. The van der Waals surface area contributed by atoms with Gasteiger partial charge in [-0.1, -0.05) is 48.5 Å². The molecule has 3 aromatic rings. The average molecular weight is 367 g/mol. The van der Waals surface area contributed by atoms with E-state index >= 15 is 0 Å². The molecule has 0 aliphatic carbocycles. The van der Waals surface area contributed by atoms with Gasteiger partial charge in [0.25, 0.3) is 0 Å². The molecule has 0 spiro atoms. The van der Waals surface area contributed by atoms with Gasteiger partial charge in [-0.15, -0.1) is 0 Å². The zero-order valence-corrected chi connectivity index (χ0v) is 14.6. The molecule has 26 heavy (non-hydrogen) atoms. The number of hydrogen-bond acceptors (Lipinski definition) is 4. The van der Waals surface area contributed by atoms with Gasteiger partial charge < -0.3 is 10.1 Å². The lowest BCUT2D eigenvalue weighted by molar-refractivity contribution is -0.113. The summed E-state index contributed by atoms with van der Waals surface area (Å²) in [6, 6.07) is 23.9. The zero-order valence-electron chi connectivity index (χ0n) is 13.8. The van der Waals surface area contributed by atoms with Crippen LogP contribution in [0.1, 0.15) is 0 Å². The molecular weight excluding hydrogens is 350 g/mol. The van der Waals surface area contributed by atoms with Crippen LogP contribution in [0.4, 0.5) is 5.69 Å². The summed E-state index contributed by atoms with van der Waals surface area (Å²) in [6.07, 6.45) is 0. The number of rotatable bonds is 6. The molecule has 3 aromatic carbocycles. The Morgan fingerprint density at radius 2 is 1.38 bits per heavy atom. The summed E-state index contributed by atoms with van der Waals surface area (Å²) in [6.45, 7) is 0. The molecule has 1 N–H and O–H groups in total. The van der Waals surface area contributed by atoms with Crippen LogP contribution in [0.2, 0.25) is 0 Å². The largest absolute Gasteiger partial charge is 0.455 e. The van der Waals surface area contributed by atoms with Crippen LogP contribution in [-0.4, -0.2) is 20.1 Å². The second-order valence-corrected chi connectivity index (χ2v) is 7.52. The molecule has 0 aliphatic heterocycles. The summed E-state index contributed by atoms with van der Waals surface area (Å²) >= 11 is 0. The van der Waals surface area contributed by atoms with Gasteiger partial charge in [-0.25, -0.2) is 8.42 Å². The Morgan fingerprint density at radius 3 is 2.08 bits per heavy atom. The summed E-state index contributed by atoms with van der Waals surface area (Å²) in [5, 5.41) is 2.61. The van der Waals surface area contributed by atoms with Crippen molar-refractivity contribution in [3.8, 4) is 11.5 Å². The van der Waals surface area contributed by atoms with Crippen molar-refractivity contribution in [3.63, 3.8) is 0 Å². The van der Waals surface area contributed by atoms with Crippen molar-refractivity contribution in [2.24, 2.45) is 0 Å². The standard InChI is InChI=1S/C20H17NO4S/c22-20(15-26(23,24)17-11-5-2-6-12-17)21-18-13-7-8-14-19(18)25-16-9-3-1-4-10-16/h1-14H,15H2,(H,21,22). The van der Waals surface area contributed by atoms with E-state index in [2.05, 4.69) is 5.32 Å². The highest BCUT2D eigenvalue weighted by Crippen LogP contribution is 2.29. The van der Waals surface area contributed by atoms with Crippen LogP contribution in [0.5, 0.6) is 11.5 Å². The van der Waals surface area contributed by atoms with E-state index in [0.717, 1.165) is 0 Å². The molecule has 5 nitrogen and oxygen atoms in total. The van der Waals surface area contributed by atoms with Gasteiger partial charge in [-0.05, 0) is 36.4 Å². The van der Waals surface area contributed by atoms with Gasteiger partial charge in [0, 0.05) is 0 Å². The number of sulfone groups is 1. The number of hydrogen-bond donors (Lipinski definition) is 1. The molecule has 0 fully saturated rings. The fourth-order valence-electron chi connectivity index (χ4n) is 2.34.